The van der Waals surface area contributed by atoms with Crippen molar-refractivity contribution in [3.05, 3.63) is 54.4 Å². The van der Waals surface area contributed by atoms with E-state index >= 15 is 0 Å². The van der Waals surface area contributed by atoms with Crippen LogP contribution in [-0.2, 0) is 30.7 Å². The monoisotopic (exact) mass is 450 g/mol. The number of ether oxygens (including phenoxy) is 3. The highest BCUT2D eigenvalue weighted by atomic mass is 32.2. The lowest BCUT2D eigenvalue weighted by atomic mass is 9.98. The molecule has 2 aromatic rings. The van der Waals surface area contributed by atoms with Crippen LogP contribution in [0.15, 0.2) is 53.7 Å². The third-order valence-corrected chi connectivity index (χ3v) is 7.70. The van der Waals surface area contributed by atoms with Crippen molar-refractivity contribution in [2.45, 2.75) is 35.5 Å². The van der Waals surface area contributed by atoms with Gasteiger partial charge in [0.2, 0.25) is 0 Å². The predicted molar refractivity (Wildman–Crippen MR) is 110 cm³/mol. The fraction of sp³-hybridized carbons (Fsp3) is 0.429. The van der Waals surface area contributed by atoms with E-state index in [2.05, 4.69) is 4.98 Å². The number of carbonyl (C=O) groups is 1. The number of benzene rings is 1. The van der Waals surface area contributed by atoms with Gasteiger partial charge in [-0.1, -0.05) is 0 Å². The van der Waals surface area contributed by atoms with E-state index in [1.165, 1.54) is 17.6 Å². The van der Waals surface area contributed by atoms with Crippen molar-refractivity contribution in [3.63, 3.8) is 0 Å². The second kappa shape index (κ2) is 10.7. The number of nitrogens with zero attached hydrogens (tertiary/aromatic N) is 1. The first kappa shape index (κ1) is 23.1. The predicted octanol–water partition coefficient (Wildman–Crippen LogP) is 1.90. The highest BCUT2D eigenvalue weighted by Gasteiger charge is 2.52. The van der Waals surface area contributed by atoms with Crippen LogP contribution in [0.1, 0.15) is 24.8 Å². The Bertz CT molecular complexity index is 943. The van der Waals surface area contributed by atoms with E-state index in [1.54, 1.807) is 24.5 Å². The second-order valence-corrected chi connectivity index (χ2v) is 9.39. The maximum atomic E-state index is 13.2. The number of nitrogens with one attached hydrogen (secondary N) is 1. The Kier molecular flexibility index (Phi) is 7.97. The Morgan fingerprint density at radius 2 is 1.77 bits per heavy atom. The topological polar surface area (TPSA) is 124 Å². The van der Waals surface area contributed by atoms with Gasteiger partial charge in [-0.15, -0.1) is 0 Å². The first-order chi connectivity index (χ1) is 15.0. The molecule has 0 saturated carbocycles. The molecule has 31 heavy (non-hydrogen) atoms. The molecular formula is C21H26N2O7S. The molecule has 1 saturated heterocycles. The summed E-state index contributed by atoms with van der Waals surface area (Å²) in [6.07, 6.45) is 4.04. The van der Waals surface area contributed by atoms with Gasteiger partial charge in [-0.05, 0) is 54.8 Å². The minimum atomic E-state index is -4.04. The summed E-state index contributed by atoms with van der Waals surface area (Å²) >= 11 is 0. The van der Waals surface area contributed by atoms with E-state index in [9.17, 15) is 13.2 Å². The Morgan fingerprint density at radius 1 is 1.10 bits per heavy atom. The average Bonchev–Trinajstić information content (AvgIpc) is 2.82. The largest absolute Gasteiger partial charge is 0.494 e. The van der Waals surface area contributed by atoms with E-state index in [0.29, 0.717) is 32.0 Å². The number of aromatic nitrogens is 1. The zero-order valence-corrected chi connectivity index (χ0v) is 17.8. The summed E-state index contributed by atoms with van der Waals surface area (Å²) in [5.74, 6) is -0.427. The Labute approximate surface area is 181 Å². The van der Waals surface area contributed by atoms with Gasteiger partial charge in [0.15, 0.2) is 14.6 Å². The number of amides is 1. The van der Waals surface area contributed by atoms with Gasteiger partial charge in [0.1, 0.15) is 5.75 Å². The van der Waals surface area contributed by atoms with E-state index in [-0.39, 0.29) is 31.0 Å². The lowest BCUT2D eigenvalue weighted by molar-refractivity contribution is -0.134. The summed E-state index contributed by atoms with van der Waals surface area (Å²) in [6, 6.07) is 9.70. The second-order valence-electron chi connectivity index (χ2n) is 7.13. The van der Waals surface area contributed by atoms with E-state index < -0.39 is 20.5 Å². The van der Waals surface area contributed by atoms with Crippen LogP contribution in [0.2, 0.25) is 0 Å². The van der Waals surface area contributed by atoms with Crippen LogP contribution in [0.3, 0.4) is 0 Å². The van der Waals surface area contributed by atoms with Gasteiger partial charge < -0.3 is 14.2 Å². The van der Waals surface area contributed by atoms with Crippen LogP contribution in [0, 0.1) is 0 Å². The SMILES string of the molecule is O=C(NO)C1(S(=O)(=O)c2ccc(OCCCOCc3ccncc3)cc2)CCOCC1. The van der Waals surface area contributed by atoms with Gasteiger partial charge in [0.05, 0.1) is 24.7 Å². The summed E-state index contributed by atoms with van der Waals surface area (Å²) in [4.78, 5) is 16.2. The van der Waals surface area contributed by atoms with Crippen molar-refractivity contribution >= 4 is 15.7 Å². The zero-order chi connectivity index (χ0) is 22.2. The standard InChI is InChI=1S/C21H26N2O7S/c24-20(23-25)21(8-14-28-15-9-21)31(26,27)19-4-2-18(3-5-19)30-13-1-12-29-16-17-6-10-22-11-7-17/h2-7,10-11,25H,1,8-9,12-16H2,(H,23,24). The third kappa shape index (κ3) is 5.40. The molecule has 1 aliphatic heterocycles. The molecule has 0 radical (unpaired) electrons. The summed E-state index contributed by atoms with van der Waals surface area (Å²) in [7, 11) is -4.04. The molecule has 0 unspecified atom stereocenters. The van der Waals surface area contributed by atoms with Crippen LogP contribution >= 0.6 is 0 Å². The minimum Gasteiger partial charge on any atom is -0.494 e. The van der Waals surface area contributed by atoms with Crippen LogP contribution < -0.4 is 10.2 Å². The molecule has 1 aliphatic rings. The summed E-state index contributed by atoms with van der Waals surface area (Å²) < 4.78 is 41.0. The molecule has 0 spiro atoms. The molecule has 1 fully saturated rings. The molecule has 0 aliphatic carbocycles. The van der Waals surface area contributed by atoms with Crippen molar-refractivity contribution in [3.8, 4) is 5.75 Å². The van der Waals surface area contributed by atoms with Crippen molar-refractivity contribution in [1.29, 1.82) is 0 Å². The molecule has 2 N–H and O–H groups in total. The fourth-order valence-electron chi connectivity index (χ4n) is 3.38. The van der Waals surface area contributed by atoms with Crippen LogP contribution in [0.25, 0.3) is 0 Å². The lowest BCUT2D eigenvalue weighted by Gasteiger charge is -2.34. The first-order valence-electron chi connectivity index (χ1n) is 9.96. The smallest absolute Gasteiger partial charge is 0.265 e. The number of rotatable bonds is 10. The zero-order valence-electron chi connectivity index (χ0n) is 17.0. The Balaban J connectivity index is 1.53. The average molecular weight is 451 g/mol. The van der Waals surface area contributed by atoms with Gasteiger partial charge in [-0.3, -0.25) is 15.0 Å². The first-order valence-corrected chi connectivity index (χ1v) is 11.4. The maximum absolute atomic E-state index is 13.2. The van der Waals surface area contributed by atoms with Crippen LogP contribution in [0.5, 0.6) is 5.75 Å². The van der Waals surface area contributed by atoms with Gasteiger partial charge in [0, 0.05) is 32.0 Å². The highest BCUT2D eigenvalue weighted by Crippen LogP contribution is 2.35. The molecule has 0 bridgehead atoms. The van der Waals surface area contributed by atoms with Gasteiger partial charge in [0.25, 0.3) is 5.91 Å². The molecule has 3 rings (SSSR count). The lowest BCUT2D eigenvalue weighted by Crippen LogP contribution is -2.54. The van der Waals surface area contributed by atoms with Gasteiger partial charge in [-0.2, -0.15) is 0 Å². The molecule has 9 nitrogen and oxygen atoms in total. The summed E-state index contributed by atoms with van der Waals surface area (Å²) in [6.45, 7) is 1.68. The molecule has 1 aromatic carbocycles. The minimum absolute atomic E-state index is 0.00830. The van der Waals surface area contributed by atoms with Crippen molar-refractivity contribution in [2.24, 2.45) is 0 Å². The quantitative estimate of drug-likeness (QED) is 0.320. The highest BCUT2D eigenvalue weighted by molar-refractivity contribution is 7.93. The number of hydroxylamine groups is 1. The fourth-order valence-corrected chi connectivity index (χ4v) is 5.32. The molecule has 1 aromatic heterocycles. The van der Waals surface area contributed by atoms with Gasteiger partial charge in [-0.25, -0.2) is 13.9 Å². The van der Waals surface area contributed by atoms with E-state index in [4.69, 9.17) is 19.4 Å². The molecule has 2 heterocycles. The Morgan fingerprint density at radius 3 is 2.42 bits per heavy atom. The van der Waals surface area contributed by atoms with E-state index in [1.807, 2.05) is 12.1 Å². The number of sulfone groups is 1. The third-order valence-electron chi connectivity index (χ3n) is 5.18. The molecule has 10 heteroatoms. The Hall–Kier alpha value is -2.53. The maximum Gasteiger partial charge on any atom is 0.265 e. The van der Waals surface area contributed by atoms with Crippen molar-refractivity contribution in [1.82, 2.24) is 10.5 Å². The summed E-state index contributed by atoms with van der Waals surface area (Å²) in [5, 5.41) is 9.09. The molecule has 0 atom stereocenters. The van der Waals surface area contributed by atoms with E-state index in [0.717, 1.165) is 5.56 Å². The number of hydrogen-bond acceptors (Lipinski definition) is 8. The van der Waals surface area contributed by atoms with Gasteiger partial charge >= 0.3 is 0 Å². The normalized spacial score (nSPS) is 15.9. The summed E-state index contributed by atoms with van der Waals surface area (Å²) in [5.41, 5.74) is 2.55. The van der Waals surface area contributed by atoms with Crippen LogP contribution in [0.4, 0.5) is 0 Å². The number of carbonyl (C=O) groups excluding carboxylic acids is 1. The molecule has 1 amide bonds. The number of hydrogen-bond donors (Lipinski definition) is 2. The number of pyridine rings is 1. The molecule has 168 valence electrons. The molecular weight excluding hydrogens is 424 g/mol. The van der Waals surface area contributed by atoms with Crippen molar-refractivity contribution in [2.75, 3.05) is 26.4 Å². The van der Waals surface area contributed by atoms with Crippen LogP contribution in [-0.4, -0.2) is 55.7 Å². The van der Waals surface area contributed by atoms with Crippen molar-refractivity contribution < 1.29 is 32.6 Å².